The molecule has 2 aromatic carbocycles. The van der Waals surface area contributed by atoms with Crippen molar-refractivity contribution < 1.29 is 26.8 Å². The molecule has 1 unspecified atom stereocenters. The topological polar surface area (TPSA) is 87.1 Å². The van der Waals surface area contributed by atoms with Crippen molar-refractivity contribution in [2.24, 2.45) is 0 Å². The summed E-state index contributed by atoms with van der Waals surface area (Å²) >= 11 is 1.19. The lowest BCUT2D eigenvalue weighted by molar-refractivity contribution is -0.137. The third-order valence-corrected chi connectivity index (χ3v) is 5.24. The lowest BCUT2D eigenvalue weighted by atomic mass is 10.1. The van der Waals surface area contributed by atoms with Gasteiger partial charge in [-0.2, -0.15) is 18.2 Å². The van der Waals surface area contributed by atoms with Crippen molar-refractivity contribution >= 4 is 11.8 Å². The van der Waals surface area contributed by atoms with Crippen LogP contribution in [0.4, 0.5) is 13.2 Å². The lowest BCUT2D eigenvalue weighted by Crippen LogP contribution is -2.04. The molecular formula is C21H17F3N4O3S. The van der Waals surface area contributed by atoms with E-state index in [1.54, 1.807) is 6.92 Å². The molecule has 32 heavy (non-hydrogen) atoms. The Morgan fingerprint density at radius 3 is 2.69 bits per heavy atom. The van der Waals surface area contributed by atoms with Gasteiger partial charge in [0.2, 0.25) is 11.7 Å². The van der Waals surface area contributed by atoms with E-state index in [1.165, 1.54) is 23.9 Å². The normalized spacial score (nSPS) is 12.7. The molecule has 2 heterocycles. The molecule has 0 radical (unpaired) electrons. The Kier molecular flexibility index (Phi) is 6.17. The minimum absolute atomic E-state index is 0.0660. The molecule has 7 nitrogen and oxygen atoms in total. The van der Waals surface area contributed by atoms with Crippen molar-refractivity contribution in [1.82, 2.24) is 20.3 Å². The third-order valence-electron chi connectivity index (χ3n) is 4.32. The highest BCUT2D eigenvalue weighted by atomic mass is 32.2. The largest absolute Gasteiger partial charge is 0.484 e. The molecule has 0 amide bonds. The minimum Gasteiger partial charge on any atom is -0.484 e. The van der Waals surface area contributed by atoms with Crippen LogP contribution >= 0.6 is 11.8 Å². The van der Waals surface area contributed by atoms with Gasteiger partial charge in [-0.1, -0.05) is 41.2 Å². The quantitative estimate of drug-likeness (QED) is 0.315. The number of hydrogen-bond donors (Lipinski definition) is 0. The Morgan fingerprint density at radius 2 is 1.91 bits per heavy atom. The molecule has 0 fully saturated rings. The molecule has 0 N–H and O–H groups in total. The second kappa shape index (κ2) is 9.03. The maximum atomic E-state index is 12.9. The highest BCUT2D eigenvalue weighted by Gasteiger charge is 2.31. The summed E-state index contributed by atoms with van der Waals surface area (Å²) in [5.74, 6) is 1.28. The third kappa shape index (κ3) is 5.28. The van der Waals surface area contributed by atoms with Gasteiger partial charge in [-0.25, -0.2) is 0 Å². The molecule has 0 aliphatic rings. The summed E-state index contributed by atoms with van der Waals surface area (Å²) in [7, 11) is 0. The van der Waals surface area contributed by atoms with Crippen molar-refractivity contribution in [3.63, 3.8) is 0 Å². The monoisotopic (exact) mass is 462 g/mol. The first-order chi connectivity index (χ1) is 15.3. The van der Waals surface area contributed by atoms with E-state index in [0.717, 1.165) is 17.7 Å². The summed E-state index contributed by atoms with van der Waals surface area (Å²) in [6.07, 6.45) is -4.45. The number of aryl methyl sites for hydroxylation is 1. The highest BCUT2D eigenvalue weighted by molar-refractivity contribution is 7.99. The Morgan fingerprint density at radius 1 is 1.09 bits per heavy atom. The van der Waals surface area contributed by atoms with E-state index in [2.05, 4.69) is 20.3 Å². The molecule has 4 rings (SSSR count). The first-order valence-electron chi connectivity index (χ1n) is 9.47. The smallest absolute Gasteiger partial charge is 0.416 e. The first kappa shape index (κ1) is 21.9. The van der Waals surface area contributed by atoms with Crippen LogP contribution in [0.3, 0.4) is 0 Å². The van der Waals surface area contributed by atoms with Gasteiger partial charge in [0.05, 0.1) is 10.8 Å². The average Bonchev–Trinajstić information content (AvgIpc) is 3.42. The maximum absolute atomic E-state index is 12.9. The standard InChI is InChI=1S/C21H17F3N4O3S/c1-12-5-3-8-16(9-12)29-11-17-26-27-20(30-17)32-13(2)19-25-18(28-31-19)14-6-4-7-15(10-14)21(22,23)24/h3-10,13H,11H2,1-2H3. The van der Waals surface area contributed by atoms with Gasteiger partial charge >= 0.3 is 6.18 Å². The summed E-state index contributed by atoms with van der Waals surface area (Å²) in [4.78, 5) is 4.21. The van der Waals surface area contributed by atoms with E-state index in [-0.39, 0.29) is 34.4 Å². The minimum atomic E-state index is -4.45. The zero-order valence-corrected chi connectivity index (χ0v) is 17.8. The summed E-state index contributed by atoms with van der Waals surface area (Å²) in [5.41, 5.74) is 0.498. The van der Waals surface area contributed by atoms with Gasteiger partial charge in [0.25, 0.3) is 11.1 Å². The van der Waals surface area contributed by atoms with Crippen LogP contribution < -0.4 is 4.74 Å². The molecule has 166 valence electrons. The Balaban J connectivity index is 1.39. The molecule has 0 aliphatic heterocycles. The van der Waals surface area contributed by atoms with E-state index < -0.39 is 11.7 Å². The van der Waals surface area contributed by atoms with Crippen molar-refractivity contribution in [3.05, 3.63) is 71.4 Å². The number of rotatable bonds is 7. The van der Waals surface area contributed by atoms with Gasteiger partial charge in [-0.05, 0) is 43.7 Å². The molecule has 1 atom stereocenters. The second-order valence-electron chi connectivity index (χ2n) is 6.86. The maximum Gasteiger partial charge on any atom is 0.416 e. The molecule has 0 saturated heterocycles. The number of halogens is 3. The van der Waals surface area contributed by atoms with E-state index in [0.29, 0.717) is 11.6 Å². The highest BCUT2D eigenvalue weighted by Crippen LogP contribution is 2.35. The average molecular weight is 462 g/mol. The lowest BCUT2D eigenvalue weighted by Gasteiger charge is -2.06. The fourth-order valence-electron chi connectivity index (χ4n) is 2.75. The zero-order chi connectivity index (χ0) is 22.7. The van der Waals surface area contributed by atoms with Gasteiger partial charge in [0.15, 0.2) is 6.61 Å². The van der Waals surface area contributed by atoms with Gasteiger partial charge in [0.1, 0.15) is 5.75 Å². The molecule has 0 spiro atoms. The second-order valence-corrected chi connectivity index (χ2v) is 8.15. The molecule has 2 aromatic heterocycles. The molecule has 0 aliphatic carbocycles. The zero-order valence-electron chi connectivity index (χ0n) is 17.0. The SMILES string of the molecule is Cc1cccc(OCc2nnc(SC(C)c3nc(-c4cccc(C(F)(F)F)c4)no3)o2)c1. The van der Waals surface area contributed by atoms with Crippen LogP contribution in [-0.2, 0) is 12.8 Å². The van der Waals surface area contributed by atoms with Gasteiger partial charge in [-0.3, -0.25) is 0 Å². The first-order valence-corrected chi connectivity index (χ1v) is 10.4. The molecular weight excluding hydrogens is 445 g/mol. The molecule has 0 bridgehead atoms. The number of nitrogens with zero attached hydrogens (tertiary/aromatic N) is 4. The predicted molar refractivity (Wildman–Crippen MR) is 109 cm³/mol. The Labute approximate surface area is 185 Å². The number of hydrogen-bond acceptors (Lipinski definition) is 8. The Bertz CT molecular complexity index is 1210. The number of aromatic nitrogens is 4. The molecule has 0 saturated carbocycles. The number of benzene rings is 2. The predicted octanol–water partition coefficient (Wildman–Crippen LogP) is 5.88. The van der Waals surface area contributed by atoms with Crippen molar-refractivity contribution in [2.75, 3.05) is 0 Å². The molecule has 4 aromatic rings. The number of alkyl halides is 3. The van der Waals surface area contributed by atoms with Crippen molar-refractivity contribution in [1.29, 1.82) is 0 Å². The summed E-state index contributed by atoms with van der Waals surface area (Å²) in [6.45, 7) is 3.86. The van der Waals surface area contributed by atoms with Crippen molar-refractivity contribution in [3.8, 4) is 17.1 Å². The van der Waals surface area contributed by atoms with E-state index in [1.807, 2.05) is 31.2 Å². The van der Waals surface area contributed by atoms with Crippen LogP contribution in [0.2, 0.25) is 0 Å². The van der Waals surface area contributed by atoms with Gasteiger partial charge < -0.3 is 13.7 Å². The summed E-state index contributed by atoms with van der Waals surface area (Å²) in [6, 6.07) is 12.3. The van der Waals surface area contributed by atoms with Crippen LogP contribution in [0.15, 0.2) is 62.7 Å². The van der Waals surface area contributed by atoms with Crippen LogP contribution in [0.5, 0.6) is 5.75 Å². The summed E-state index contributed by atoms with van der Waals surface area (Å²) in [5, 5.41) is 11.6. The van der Waals surface area contributed by atoms with E-state index >= 15 is 0 Å². The fourth-order valence-corrected chi connectivity index (χ4v) is 3.48. The van der Waals surface area contributed by atoms with E-state index in [9.17, 15) is 13.2 Å². The molecule has 11 heteroatoms. The van der Waals surface area contributed by atoms with Crippen LogP contribution in [0, 0.1) is 6.92 Å². The Hall–Kier alpha value is -3.34. The number of thioether (sulfide) groups is 1. The number of ether oxygens (including phenoxy) is 1. The van der Waals surface area contributed by atoms with Crippen molar-refractivity contribution in [2.45, 2.75) is 37.1 Å². The van der Waals surface area contributed by atoms with Gasteiger partial charge in [-0.15, -0.1) is 10.2 Å². The van der Waals surface area contributed by atoms with Crippen LogP contribution in [-0.4, -0.2) is 20.3 Å². The fraction of sp³-hybridized carbons (Fsp3) is 0.238. The van der Waals surface area contributed by atoms with Gasteiger partial charge in [0, 0.05) is 5.56 Å². The summed E-state index contributed by atoms with van der Waals surface area (Å²) < 4.78 is 55.2. The van der Waals surface area contributed by atoms with Crippen LogP contribution in [0.1, 0.15) is 35.1 Å². The van der Waals surface area contributed by atoms with E-state index in [4.69, 9.17) is 13.7 Å². The van der Waals surface area contributed by atoms with Crippen LogP contribution in [0.25, 0.3) is 11.4 Å².